The fourth-order valence-electron chi connectivity index (χ4n) is 4.42. The molecule has 8 nitrogen and oxygen atoms in total. The Kier molecular flexibility index (Phi) is 7.51. The number of amides is 1. The minimum Gasteiger partial charge on any atom is -0.465 e. The van der Waals surface area contributed by atoms with Crippen LogP contribution in [0.2, 0.25) is 0 Å². The highest BCUT2D eigenvalue weighted by Gasteiger charge is 2.29. The number of ether oxygens (including phenoxy) is 1. The summed E-state index contributed by atoms with van der Waals surface area (Å²) in [6.07, 6.45) is 1.57. The summed E-state index contributed by atoms with van der Waals surface area (Å²) in [5, 5.41) is 0. The lowest BCUT2D eigenvalue weighted by Gasteiger charge is -2.30. The zero-order valence-corrected chi connectivity index (χ0v) is 23.7. The first-order valence-electron chi connectivity index (χ1n) is 12.0. The maximum Gasteiger partial charge on any atom is 0.326 e. The summed E-state index contributed by atoms with van der Waals surface area (Å²) in [4.78, 5) is 30.1. The molecular weight excluding hydrogens is 590 g/mol. The van der Waals surface area contributed by atoms with Crippen molar-refractivity contribution in [3.8, 4) is 0 Å². The maximum atomic E-state index is 13.4. The molecule has 1 aromatic heterocycles. The van der Waals surface area contributed by atoms with Gasteiger partial charge in [0.1, 0.15) is 6.54 Å². The topological polar surface area (TPSA) is 98.0 Å². The van der Waals surface area contributed by atoms with Crippen LogP contribution < -0.4 is 9.11 Å². The molecule has 0 atom stereocenters. The Morgan fingerprint density at radius 3 is 2.61 bits per heavy atom. The summed E-state index contributed by atoms with van der Waals surface area (Å²) in [7, 11) is -3.79. The average molecular weight is 615 g/mol. The lowest BCUT2D eigenvalue weighted by Crippen LogP contribution is -2.35. The van der Waals surface area contributed by atoms with Gasteiger partial charge in [-0.3, -0.25) is 13.9 Å². The van der Waals surface area contributed by atoms with Gasteiger partial charge < -0.3 is 9.30 Å². The molecular formula is C27H24BrN3O5S2. The highest BCUT2D eigenvalue weighted by atomic mass is 79.9. The van der Waals surface area contributed by atoms with Crippen molar-refractivity contribution in [3.63, 3.8) is 0 Å². The van der Waals surface area contributed by atoms with E-state index in [1.807, 2.05) is 42.5 Å². The third-order valence-corrected chi connectivity index (χ3v) is 9.55. The van der Waals surface area contributed by atoms with Crippen LogP contribution in [-0.4, -0.2) is 38.0 Å². The molecule has 196 valence electrons. The van der Waals surface area contributed by atoms with Gasteiger partial charge >= 0.3 is 5.97 Å². The summed E-state index contributed by atoms with van der Waals surface area (Å²) in [5.74, 6) is -0.974. The minimum atomic E-state index is -3.79. The van der Waals surface area contributed by atoms with Gasteiger partial charge in [-0.2, -0.15) is 4.99 Å². The number of nitrogens with zero attached hydrogens (tertiary/aromatic N) is 3. The van der Waals surface area contributed by atoms with Gasteiger partial charge in [-0.25, -0.2) is 8.42 Å². The van der Waals surface area contributed by atoms with E-state index in [1.54, 1.807) is 11.5 Å². The first-order valence-corrected chi connectivity index (χ1v) is 15.1. The number of sulfonamides is 1. The van der Waals surface area contributed by atoms with Crippen LogP contribution >= 0.6 is 27.3 Å². The number of hydrogen-bond acceptors (Lipinski definition) is 6. The van der Waals surface area contributed by atoms with E-state index in [4.69, 9.17) is 4.74 Å². The highest BCUT2D eigenvalue weighted by molar-refractivity contribution is 9.10. The Hall–Kier alpha value is -3.28. The number of carbonyl (C=O) groups excluding carboxylic acids is 2. The molecule has 0 unspecified atom stereocenters. The molecule has 1 aliphatic heterocycles. The largest absolute Gasteiger partial charge is 0.465 e. The zero-order chi connectivity index (χ0) is 26.9. The SMILES string of the molecule is CCOC(=O)Cn1c(=NC(=O)c2ccc(S(=O)(=O)N3CCCc4ccccc43)cc2)sc2cc(Br)ccc21. The number of benzene rings is 3. The number of carbonyl (C=O) groups is 2. The molecule has 1 amide bonds. The number of esters is 1. The van der Waals surface area contributed by atoms with Crippen molar-refractivity contribution in [2.24, 2.45) is 4.99 Å². The standard InChI is InChI=1S/C27H24BrN3O5S2/c1-2-36-25(32)17-30-23-14-11-20(28)16-24(23)37-27(30)29-26(33)19-9-12-21(13-10-19)38(34,35)31-15-5-7-18-6-3-4-8-22(18)31/h3-4,6,8-14,16H,2,5,7,15,17H2,1H3. The van der Waals surface area contributed by atoms with E-state index in [0.717, 1.165) is 33.1 Å². The lowest BCUT2D eigenvalue weighted by molar-refractivity contribution is -0.143. The van der Waals surface area contributed by atoms with E-state index in [9.17, 15) is 18.0 Å². The van der Waals surface area contributed by atoms with Crippen molar-refractivity contribution in [1.29, 1.82) is 0 Å². The maximum absolute atomic E-state index is 13.4. The van der Waals surface area contributed by atoms with Gasteiger partial charge in [-0.1, -0.05) is 45.5 Å². The number of aromatic nitrogens is 1. The molecule has 11 heteroatoms. The smallest absolute Gasteiger partial charge is 0.326 e. The summed E-state index contributed by atoms with van der Waals surface area (Å²) in [5.41, 5.74) is 2.68. The predicted octanol–water partition coefficient (Wildman–Crippen LogP) is 4.91. The number of rotatable bonds is 6. The highest BCUT2D eigenvalue weighted by Crippen LogP contribution is 2.32. The summed E-state index contributed by atoms with van der Waals surface area (Å²) in [6, 6.07) is 18.9. The van der Waals surface area contributed by atoms with E-state index in [1.165, 1.54) is 39.9 Å². The average Bonchev–Trinajstić information content (AvgIpc) is 3.23. The van der Waals surface area contributed by atoms with Crippen molar-refractivity contribution in [2.75, 3.05) is 17.5 Å². The number of anilines is 1. The normalized spacial score (nSPS) is 13.9. The van der Waals surface area contributed by atoms with E-state index >= 15 is 0 Å². The van der Waals surface area contributed by atoms with Crippen molar-refractivity contribution in [1.82, 2.24) is 4.57 Å². The lowest BCUT2D eigenvalue weighted by atomic mass is 10.0. The van der Waals surface area contributed by atoms with E-state index < -0.39 is 21.9 Å². The molecule has 0 N–H and O–H groups in total. The van der Waals surface area contributed by atoms with Crippen molar-refractivity contribution in [2.45, 2.75) is 31.2 Å². The number of hydrogen-bond donors (Lipinski definition) is 0. The van der Waals surface area contributed by atoms with Gasteiger partial charge in [0.2, 0.25) is 0 Å². The molecule has 0 spiro atoms. The molecule has 0 fully saturated rings. The number of para-hydroxylation sites is 1. The molecule has 2 heterocycles. The molecule has 0 saturated carbocycles. The van der Waals surface area contributed by atoms with Crippen LogP contribution in [-0.2, 0) is 32.5 Å². The first-order chi connectivity index (χ1) is 18.3. The number of thiazole rings is 1. The minimum absolute atomic E-state index is 0.0872. The van der Waals surface area contributed by atoms with Crippen LogP contribution in [0.3, 0.4) is 0 Å². The predicted molar refractivity (Wildman–Crippen MR) is 150 cm³/mol. The number of fused-ring (bicyclic) bond motifs is 2. The second-order valence-electron chi connectivity index (χ2n) is 8.64. The van der Waals surface area contributed by atoms with Crippen LogP contribution in [0.25, 0.3) is 10.2 Å². The van der Waals surface area contributed by atoms with Gasteiger partial charge in [0.25, 0.3) is 15.9 Å². The van der Waals surface area contributed by atoms with Gasteiger partial charge in [-0.05, 0) is 73.9 Å². The van der Waals surface area contributed by atoms with Crippen LogP contribution in [0.4, 0.5) is 5.69 Å². The monoisotopic (exact) mass is 613 g/mol. The van der Waals surface area contributed by atoms with Crippen molar-refractivity contribution in [3.05, 3.63) is 87.1 Å². The molecule has 0 aliphatic carbocycles. The molecule has 38 heavy (non-hydrogen) atoms. The van der Waals surface area contributed by atoms with Crippen molar-refractivity contribution < 1.29 is 22.7 Å². The summed E-state index contributed by atoms with van der Waals surface area (Å²) in [6.45, 7) is 2.29. The third-order valence-electron chi connectivity index (χ3n) is 6.19. The number of aryl methyl sites for hydroxylation is 1. The zero-order valence-electron chi connectivity index (χ0n) is 20.5. The summed E-state index contributed by atoms with van der Waals surface area (Å²) >= 11 is 4.72. The van der Waals surface area contributed by atoms with E-state index in [-0.39, 0.29) is 23.6 Å². The second-order valence-corrected chi connectivity index (χ2v) is 12.4. The fourth-order valence-corrected chi connectivity index (χ4v) is 7.54. The van der Waals surface area contributed by atoms with E-state index in [0.29, 0.717) is 17.0 Å². The van der Waals surface area contributed by atoms with Crippen LogP contribution in [0.1, 0.15) is 29.3 Å². The van der Waals surface area contributed by atoms with Crippen LogP contribution in [0.5, 0.6) is 0 Å². The Balaban J connectivity index is 1.46. The van der Waals surface area contributed by atoms with Gasteiger partial charge in [0.15, 0.2) is 4.80 Å². The molecule has 0 saturated heterocycles. The van der Waals surface area contributed by atoms with E-state index in [2.05, 4.69) is 20.9 Å². The van der Waals surface area contributed by atoms with Gasteiger partial charge in [0.05, 0.1) is 27.4 Å². The Morgan fingerprint density at radius 2 is 1.84 bits per heavy atom. The third kappa shape index (κ3) is 5.18. The van der Waals surface area contributed by atoms with Gasteiger partial charge in [0, 0.05) is 16.6 Å². The fraction of sp³-hybridized carbons (Fsp3) is 0.222. The first kappa shape index (κ1) is 26.3. The summed E-state index contributed by atoms with van der Waals surface area (Å²) < 4.78 is 36.7. The van der Waals surface area contributed by atoms with Gasteiger partial charge in [-0.15, -0.1) is 0 Å². The van der Waals surface area contributed by atoms with Crippen LogP contribution in [0, 0.1) is 0 Å². The molecule has 4 aromatic rings. The molecule has 3 aromatic carbocycles. The Morgan fingerprint density at radius 1 is 1.08 bits per heavy atom. The molecule has 0 bridgehead atoms. The molecule has 1 aliphatic rings. The van der Waals surface area contributed by atoms with Crippen LogP contribution in [0.15, 0.2) is 81.1 Å². The quantitative estimate of drug-likeness (QED) is 0.288. The molecule has 5 rings (SSSR count). The Bertz CT molecular complexity index is 1710. The molecule has 0 radical (unpaired) electrons. The Labute approximate surface area is 232 Å². The second kappa shape index (κ2) is 10.8. The van der Waals surface area contributed by atoms with Crippen molar-refractivity contribution >= 4 is 65.1 Å². The number of halogens is 1.